The molecule has 7 heteroatoms. The van der Waals surface area contributed by atoms with Gasteiger partial charge >= 0.3 is 0 Å². The Hall–Kier alpha value is -3.34. The molecule has 3 rings (SSSR count). The smallest absolute Gasteiger partial charge is 0.189 e. The van der Waals surface area contributed by atoms with E-state index >= 15 is 0 Å². The van der Waals surface area contributed by atoms with Crippen molar-refractivity contribution in [1.29, 1.82) is 21.2 Å². The van der Waals surface area contributed by atoms with Gasteiger partial charge in [-0.25, -0.2) is 0 Å². The van der Waals surface area contributed by atoms with E-state index in [0.29, 0.717) is 30.6 Å². The zero-order valence-electron chi connectivity index (χ0n) is 18.4. The largest absolute Gasteiger partial charge is 0.493 e. The van der Waals surface area contributed by atoms with Crippen molar-refractivity contribution in [2.75, 3.05) is 33.9 Å². The Morgan fingerprint density at radius 2 is 1.94 bits per heavy atom. The van der Waals surface area contributed by atoms with Gasteiger partial charge in [-0.2, -0.15) is 15.8 Å². The van der Waals surface area contributed by atoms with Gasteiger partial charge in [-0.05, 0) is 35.3 Å². The van der Waals surface area contributed by atoms with E-state index in [1.807, 2.05) is 18.2 Å². The number of benzene rings is 1. The number of hydrogen-bond acceptors (Lipinski definition) is 6. The maximum atomic E-state index is 10.1. The van der Waals surface area contributed by atoms with Crippen LogP contribution in [0.1, 0.15) is 25.3 Å². The molecule has 4 atom stereocenters. The predicted molar refractivity (Wildman–Crippen MR) is 115 cm³/mol. The highest BCUT2D eigenvalue weighted by Crippen LogP contribution is 2.53. The number of nitriles is 3. The van der Waals surface area contributed by atoms with Crippen LogP contribution >= 0.6 is 0 Å². The van der Waals surface area contributed by atoms with Crippen LogP contribution in [0, 0.1) is 62.6 Å². The normalized spacial score (nSPS) is 26.6. The van der Waals surface area contributed by atoms with Crippen molar-refractivity contribution < 1.29 is 14.4 Å². The lowest BCUT2D eigenvalue weighted by Gasteiger charge is -2.46. The summed E-state index contributed by atoms with van der Waals surface area (Å²) >= 11 is 0. The third kappa shape index (κ3) is 3.76. The van der Waals surface area contributed by atoms with Crippen LogP contribution in [-0.4, -0.2) is 39.6 Å². The molecule has 0 spiro atoms. The minimum atomic E-state index is -1.72. The number of fused-ring (bicyclic) bond motifs is 1. The Bertz CT molecular complexity index is 1010. The highest BCUT2D eigenvalue weighted by molar-refractivity contribution is 6.00. The maximum Gasteiger partial charge on any atom is 0.189 e. The maximum absolute atomic E-state index is 10.1. The molecule has 1 aliphatic heterocycles. The molecule has 1 aliphatic carbocycles. The molecule has 31 heavy (non-hydrogen) atoms. The second-order valence-corrected chi connectivity index (χ2v) is 8.78. The zero-order chi connectivity index (χ0) is 22.8. The van der Waals surface area contributed by atoms with Crippen LogP contribution < -0.4 is 14.4 Å². The van der Waals surface area contributed by atoms with Crippen molar-refractivity contribution in [3.8, 4) is 29.7 Å². The fourth-order valence-electron chi connectivity index (χ4n) is 4.69. The van der Waals surface area contributed by atoms with Crippen molar-refractivity contribution >= 4 is 5.71 Å². The summed E-state index contributed by atoms with van der Waals surface area (Å²) in [6, 6.07) is 11.9. The van der Waals surface area contributed by atoms with E-state index in [9.17, 15) is 15.8 Å². The summed E-state index contributed by atoms with van der Waals surface area (Å²) in [7, 11) is 3.61. The van der Waals surface area contributed by atoms with Crippen molar-refractivity contribution in [3.05, 3.63) is 35.4 Å². The minimum absolute atomic E-state index is 0.133. The Labute approximate surface area is 183 Å². The van der Waals surface area contributed by atoms with Gasteiger partial charge in [0.05, 0.1) is 57.8 Å². The fraction of sp³-hybridized carbons (Fsp3) is 0.500. The molecular weight excluding hydrogens is 390 g/mol. The quantitative estimate of drug-likeness (QED) is 0.710. The number of methoxy groups -OCH3 is 1. The van der Waals surface area contributed by atoms with E-state index in [4.69, 9.17) is 14.9 Å². The number of rotatable bonds is 5. The molecule has 2 N–H and O–H groups in total. The number of ether oxygens (including phenoxy) is 2. The molecule has 1 fully saturated rings. The van der Waals surface area contributed by atoms with Crippen molar-refractivity contribution in [1.82, 2.24) is 0 Å². The average molecular weight is 419 g/mol. The molecule has 7 nitrogen and oxygen atoms in total. The number of likely N-dealkylation sites (N-methyl/N-ethyl adjacent to an activating group) is 1. The Kier molecular flexibility index (Phi) is 6.34. The summed E-state index contributed by atoms with van der Waals surface area (Å²) in [6.45, 7) is 6.09. The summed E-state index contributed by atoms with van der Waals surface area (Å²) in [5.41, 5.74) is -0.260. The molecule has 0 saturated heterocycles. The van der Waals surface area contributed by atoms with Crippen molar-refractivity contribution in [2.24, 2.45) is 23.2 Å². The molecule has 1 aromatic carbocycles. The van der Waals surface area contributed by atoms with Crippen molar-refractivity contribution in [2.45, 2.75) is 19.8 Å². The van der Waals surface area contributed by atoms with E-state index < -0.39 is 17.3 Å². The van der Waals surface area contributed by atoms with Gasteiger partial charge in [0.2, 0.25) is 0 Å². The molecule has 160 valence electrons. The van der Waals surface area contributed by atoms with Crippen LogP contribution in [0.25, 0.3) is 0 Å². The summed E-state index contributed by atoms with van der Waals surface area (Å²) in [5.74, 6) is -0.136. The van der Waals surface area contributed by atoms with E-state index in [-0.39, 0.29) is 11.6 Å². The first-order valence-corrected chi connectivity index (χ1v) is 10.5. The molecule has 1 heterocycles. The fourth-order valence-corrected chi connectivity index (χ4v) is 4.69. The van der Waals surface area contributed by atoms with Gasteiger partial charge in [0, 0.05) is 11.8 Å². The third-order valence-electron chi connectivity index (χ3n) is 6.20. The van der Waals surface area contributed by atoms with E-state index in [1.54, 1.807) is 13.2 Å². The van der Waals surface area contributed by atoms with Crippen LogP contribution in [0.2, 0.25) is 0 Å². The van der Waals surface area contributed by atoms with Crippen LogP contribution in [0.3, 0.4) is 0 Å². The van der Waals surface area contributed by atoms with Gasteiger partial charge < -0.3 is 19.8 Å². The molecule has 1 saturated carbocycles. The first-order valence-electron chi connectivity index (χ1n) is 10.5. The van der Waals surface area contributed by atoms with Gasteiger partial charge in [0.25, 0.3) is 0 Å². The minimum Gasteiger partial charge on any atom is -0.493 e. The lowest BCUT2D eigenvalue weighted by molar-refractivity contribution is -0.878. The van der Waals surface area contributed by atoms with E-state index in [0.717, 1.165) is 17.7 Å². The average Bonchev–Trinajstić information content (AvgIpc) is 2.77. The number of hydrogen-bond donors (Lipinski definition) is 2. The summed E-state index contributed by atoms with van der Waals surface area (Å²) in [4.78, 5) is 1.23. The summed E-state index contributed by atoms with van der Waals surface area (Å²) < 4.78 is 11.4. The molecule has 0 radical (unpaired) electrons. The van der Waals surface area contributed by atoms with E-state index in [1.165, 1.54) is 4.90 Å². The third-order valence-corrected chi connectivity index (χ3v) is 6.20. The van der Waals surface area contributed by atoms with Crippen LogP contribution in [0.15, 0.2) is 29.8 Å². The van der Waals surface area contributed by atoms with E-state index in [2.05, 4.69) is 39.1 Å². The lowest BCUT2D eigenvalue weighted by atomic mass is 9.54. The van der Waals surface area contributed by atoms with Crippen LogP contribution in [0.4, 0.5) is 0 Å². The highest BCUT2D eigenvalue weighted by Gasteiger charge is 2.58. The van der Waals surface area contributed by atoms with Gasteiger partial charge in [-0.1, -0.05) is 19.9 Å². The predicted octanol–water partition coefficient (Wildman–Crippen LogP) is 2.09. The Balaban J connectivity index is 2.16. The molecule has 0 aromatic heterocycles. The molecular formula is C24H28N5O2+. The Morgan fingerprint density at radius 3 is 2.52 bits per heavy atom. The number of quaternary nitrogens is 1. The standard InChI is InChI=1S/C24H27N5O2/c1-15(2)12-31-20-6-5-16(9-21(20)30-4)22-19-11-29(3)8-7-17(19)18(10-25)23(28)24(22,13-26)14-27/h5-7,9,15,18-19,22,28H,8,11-12H2,1-4H3/p+1/t18-,19+,22-/m1/s1. The van der Waals surface area contributed by atoms with Crippen molar-refractivity contribution in [3.63, 3.8) is 0 Å². The molecule has 1 unspecified atom stereocenters. The molecule has 1 aromatic rings. The Morgan fingerprint density at radius 1 is 1.23 bits per heavy atom. The molecule has 0 bridgehead atoms. The van der Waals surface area contributed by atoms with Crippen LogP contribution in [0.5, 0.6) is 11.5 Å². The summed E-state index contributed by atoms with van der Waals surface area (Å²) in [5, 5.41) is 38.7. The van der Waals surface area contributed by atoms with Gasteiger partial charge in [-0.3, -0.25) is 0 Å². The highest BCUT2D eigenvalue weighted by atomic mass is 16.5. The monoisotopic (exact) mass is 418 g/mol. The number of nitrogens with zero attached hydrogens (tertiary/aromatic N) is 3. The second-order valence-electron chi connectivity index (χ2n) is 8.78. The number of nitrogens with one attached hydrogen (secondary N) is 2. The zero-order valence-corrected chi connectivity index (χ0v) is 18.4. The molecule has 2 aliphatic rings. The van der Waals surface area contributed by atoms with Gasteiger partial charge in [0.1, 0.15) is 5.92 Å². The van der Waals surface area contributed by atoms with Crippen LogP contribution in [-0.2, 0) is 0 Å². The topological polar surface area (TPSA) is 118 Å². The second kappa shape index (κ2) is 8.80. The first kappa shape index (κ1) is 22.3. The van der Waals surface area contributed by atoms with Gasteiger partial charge in [0.15, 0.2) is 16.9 Å². The van der Waals surface area contributed by atoms with Gasteiger partial charge in [-0.15, -0.1) is 0 Å². The molecule has 0 amide bonds. The SMILES string of the molecule is COc1cc([C@@H]2[C@H]3C[NH+](C)CC=C3[C@@H](C#N)C(=N)C2(C#N)C#N)ccc1OCC(C)C. The first-order chi connectivity index (χ1) is 14.8. The summed E-state index contributed by atoms with van der Waals surface area (Å²) in [6.07, 6.45) is 2.01. The lowest BCUT2D eigenvalue weighted by Crippen LogP contribution is -3.10.